The Bertz CT molecular complexity index is 712. The van der Waals surface area contributed by atoms with Gasteiger partial charge in [-0.25, -0.2) is 4.68 Å². The Morgan fingerprint density at radius 1 is 1.41 bits per heavy atom. The first-order valence-corrected chi connectivity index (χ1v) is 6.65. The maximum absolute atomic E-state index is 12.1. The zero-order chi connectivity index (χ0) is 15.5. The molecule has 0 saturated heterocycles. The lowest BCUT2D eigenvalue weighted by Crippen LogP contribution is -2.38. The van der Waals surface area contributed by atoms with Gasteiger partial charge in [-0.05, 0) is 12.1 Å². The Hall–Kier alpha value is -2.90. The van der Waals surface area contributed by atoms with E-state index in [-0.39, 0.29) is 25.6 Å². The number of fused-ring (bicyclic) bond motifs is 1. The fraction of sp³-hybridized carbons (Fsp3) is 0.286. The average Bonchev–Trinajstić information content (AvgIpc) is 2.97. The quantitative estimate of drug-likeness (QED) is 0.759. The Labute approximate surface area is 126 Å². The monoisotopic (exact) mass is 302 g/mol. The van der Waals surface area contributed by atoms with E-state index in [9.17, 15) is 9.59 Å². The van der Waals surface area contributed by atoms with Gasteiger partial charge in [0.05, 0.1) is 25.5 Å². The number of carbonyl (C=O) groups excluding carboxylic acids is 2. The van der Waals surface area contributed by atoms with E-state index in [0.29, 0.717) is 17.1 Å². The predicted octanol–water partition coefficient (Wildman–Crippen LogP) is 0.377. The second-order valence-electron chi connectivity index (χ2n) is 4.72. The third-order valence-electron chi connectivity index (χ3n) is 3.23. The van der Waals surface area contributed by atoms with Gasteiger partial charge >= 0.3 is 5.97 Å². The third-order valence-corrected chi connectivity index (χ3v) is 3.23. The molecule has 22 heavy (non-hydrogen) atoms. The zero-order valence-electron chi connectivity index (χ0n) is 11.9. The molecular weight excluding hydrogens is 288 g/mol. The molecule has 0 unspecified atom stereocenters. The number of para-hydroxylation sites is 2. The minimum Gasteiger partial charge on any atom is -0.482 e. The van der Waals surface area contributed by atoms with Crippen LogP contribution in [0.3, 0.4) is 0 Å². The van der Waals surface area contributed by atoms with Gasteiger partial charge in [-0.2, -0.15) is 0 Å². The van der Waals surface area contributed by atoms with Gasteiger partial charge < -0.3 is 9.47 Å². The van der Waals surface area contributed by atoms with Crippen LogP contribution in [0.2, 0.25) is 0 Å². The molecule has 3 rings (SSSR count). The van der Waals surface area contributed by atoms with Gasteiger partial charge in [0.1, 0.15) is 18.0 Å². The number of anilines is 1. The van der Waals surface area contributed by atoms with E-state index in [0.717, 1.165) is 0 Å². The Morgan fingerprint density at radius 2 is 2.23 bits per heavy atom. The first-order chi connectivity index (χ1) is 10.7. The van der Waals surface area contributed by atoms with Crippen LogP contribution in [0.1, 0.15) is 5.69 Å². The van der Waals surface area contributed by atoms with Crippen molar-refractivity contribution in [3.8, 4) is 5.75 Å². The Balaban J connectivity index is 1.78. The molecule has 0 N–H and O–H groups in total. The molecule has 8 nitrogen and oxygen atoms in total. The van der Waals surface area contributed by atoms with Crippen molar-refractivity contribution in [2.24, 2.45) is 0 Å². The highest BCUT2D eigenvalue weighted by Gasteiger charge is 2.26. The minimum absolute atomic E-state index is 0.00664. The molecule has 0 spiro atoms. The first-order valence-electron chi connectivity index (χ1n) is 6.65. The highest BCUT2D eigenvalue weighted by molar-refractivity contribution is 5.97. The molecule has 2 aromatic rings. The average molecular weight is 302 g/mol. The summed E-state index contributed by atoms with van der Waals surface area (Å²) in [4.78, 5) is 24.9. The molecule has 1 aliphatic heterocycles. The molecule has 0 fully saturated rings. The molecule has 0 aliphatic carbocycles. The van der Waals surface area contributed by atoms with Crippen LogP contribution in [0.5, 0.6) is 5.75 Å². The third kappa shape index (κ3) is 2.76. The maximum Gasteiger partial charge on any atom is 0.327 e. The van der Waals surface area contributed by atoms with Crippen molar-refractivity contribution in [1.29, 1.82) is 0 Å². The minimum atomic E-state index is -0.413. The molecule has 0 saturated carbocycles. The topological polar surface area (TPSA) is 86.5 Å². The normalized spacial score (nSPS) is 13.5. The number of aromatic nitrogens is 3. The summed E-state index contributed by atoms with van der Waals surface area (Å²) < 4.78 is 11.3. The molecule has 0 atom stereocenters. The van der Waals surface area contributed by atoms with Gasteiger partial charge in [0, 0.05) is 0 Å². The lowest BCUT2D eigenvalue weighted by molar-refractivity contribution is -0.141. The number of amides is 1. The summed E-state index contributed by atoms with van der Waals surface area (Å²) in [5.74, 6) is 0.0921. The molecule has 114 valence electrons. The van der Waals surface area contributed by atoms with Crippen molar-refractivity contribution in [3.63, 3.8) is 0 Å². The van der Waals surface area contributed by atoms with Gasteiger partial charge in [-0.3, -0.25) is 14.5 Å². The predicted molar refractivity (Wildman–Crippen MR) is 75.2 cm³/mol. The number of benzene rings is 1. The van der Waals surface area contributed by atoms with E-state index in [1.807, 2.05) is 24.3 Å². The number of esters is 1. The number of hydrogen-bond acceptors (Lipinski definition) is 6. The highest BCUT2D eigenvalue weighted by atomic mass is 16.5. The smallest absolute Gasteiger partial charge is 0.327 e. The molecule has 0 radical (unpaired) electrons. The molecule has 2 heterocycles. The summed E-state index contributed by atoms with van der Waals surface area (Å²) in [6.45, 7) is 0.241. The summed E-state index contributed by atoms with van der Waals surface area (Å²) in [6.07, 6.45) is 1.61. The van der Waals surface area contributed by atoms with Crippen LogP contribution < -0.4 is 9.64 Å². The van der Waals surface area contributed by atoms with E-state index in [1.54, 1.807) is 11.1 Å². The summed E-state index contributed by atoms with van der Waals surface area (Å²) in [5, 5.41) is 7.82. The van der Waals surface area contributed by atoms with E-state index in [2.05, 4.69) is 15.0 Å². The molecule has 1 aromatic carbocycles. The SMILES string of the molecule is COC(=O)Cn1cc(CN2C(=O)COc3ccccc32)nn1. The Kier molecular flexibility index (Phi) is 3.73. The van der Waals surface area contributed by atoms with E-state index in [4.69, 9.17) is 4.74 Å². The summed E-state index contributed by atoms with van der Waals surface area (Å²) in [6, 6.07) is 7.30. The lowest BCUT2D eigenvalue weighted by atomic mass is 10.2. The van der Waals surface area contributed by atoms with Gasteiger partial charge in [0.15, 0.2) is 6.61 Å². The number of ether oxygens (including phenoxy) is 2. The van der Waals surface area contributed by atoms with Crippen molar-refractivity contribution >= 4 is 17.6 Å². The van der Waals surface area contributed by atoms with Crippen LogP contribution in [0.25, 0.3) is 0 Å². The van der Waals surface area contributed by atoms with Crippen LogP contribution in [0, 0.1) is 0 Å². The standard InChI is InChI=1S/C14H14N4O4/c1-21-14(20)8-17-6-10(15-16-17)7-18-11-4-2-3-5-12(11)22-9-13(18)19/h2-6H,7-9H2,1H3. The van der Waals surface area contributed by atoms with Crippen LogP contribution in [-0.2, 0) is 27.4 Å². The first kappa shape index (κ1) is 14.1. The lowest BCUT2D eigenvalue weighted by Gasteiger charge is -2.28. The van der Waals surface area contributed by atoms with Crippen LogP contribution in [0.15, 0.2) is 30.5 Å². The number of carbonyl (C=O) groups is 2. The molecule has 0 bridgehead atoms. The maximum atomic E-state index is 12.1. The van der Waals surface area contributed by atoms with Crippen molar-refractivity contribution in [1.82, 2.24) is 15.0 Å². The highest BCUT2D eigenvalue weighted by Crippen LogP contribution is 2.32. The number of nitrogens with zero attached hydrogens (tertiary/aromatic N) is 4. The fourth-order valence-electron chi connectivity index (χ4n) is 2.17. The van der Waals surface area contributed by atoms with E-state index in [1.165, 1.54) is 11.8 Å². The van der Waals surface area contributed by atoms with Crippen molar-refractivity contribution < 1.29 is 19.1 Å². The molecule has 1 aromatic heterocycles. The van der Waals surface area contributed by atoms with Crippen LogP contribution in [-0.4, -0.2) is 40.6 Å². The largest absolute Gasteiger partial charge is 0.482 e. The molecular formula is C14H14N4O4. The number of methoxy groups -OCH3 is 1. The summed E-state index contributed by atoms with van der Waals surface area (Å²) >= 11 is 0. The summed E-state index contributed by atoms with van der Waals surface area (Å²) in [7, 11) is 1.31. The zero-order valence-corrected chi connectivity index (χ0v) is 11.9. The number of rotatable bonds is 4. The molecule has 1 aliphatic rings. The number of hydrogen-bond donors (Lipinski definition) is 0. The molecule has 1 amide bonds. The second-order valence-corrected chi connectivity index (χ2v) is 4.72. The van der Waals surface area contributed by atoms with Gasteiger partial charge in [0.25, 0.3) is 5.91 Å². The van der Waals surface area contributed by atoms with Gasteiger partial charge in [-0.15, -0.1) is 5.10 Å². The van der Waals surface area contributed by atoms with Crippen LogP contribution in [0.4, 0.5) is 5.69 Å². The van der Waals surface area contributed by atoms with E-state index < -0.39 is 5.97 Å². The molecule has 8 heteroatoms. The van der Waals surface area contributed by atoms with Gasteiger partial charge in [0.2, 0.25) is 0 Å². The van der Waals surface area contributed by atoms with E-state index >= 15 is 0 Å². The second kappa shape index (κ2) is 5.84. The van der Waals surface area contributed by atoms with Crippen molar-refractivity contribution in [2.45, 2.75) is 13.1 Å². The Morgan fingerprint density at radius 3 is 3.05 bits per heavy atom. The van der Waals surface area contributed by atoms with Crippen molar-refractivity contribution in [2.75, 3.05) is 18.6 Å². The van der Waals surface area contributed by atoms with Crippen molar-refractivity contribution in [3.05, 3.63) is 36.2 Å². The fourth-order valence-corrected chi connectivity index (χ4v) is 2.17. The van der Waals surface area contributed by atoms with Crippen LogP contribution >= 0.6 is 0 Å². The van der Waals surface area contributed by atoms with Gasteiger partial charge in [-0.1, -0.05) is 17.3 Å². The summed E-state index contributed by atoms with van der Waals surface area (Å²) in [5.41, 5.74) is 1.27.